The largest absolute Gasteiger partial charge is 0.493 e. The summed E-state index contributed by atoms with van der Waals surface area (Å²) >= 11 is 0. The van der Waals surface area contributed by atoms with Gasteiger partial charge in [-0.1, -0.05) is 24.3 Å². The Kier molecular flexibility index (Phi) is 3.40. The molecule has 0 aliphatic carbocycles. The summed E-state index contributed by atoms with van der Waals surface area (Å²) in [5, 5.41) is 10.4. The van der Waals surface area contributed by atoms with Crippen molar-refractivity contribution < 1.29 is 18.6 Å². The van der Waals surface area contributed by atoms with E-state index < -0.39 is 17.7 Å². The number of fused-ring (bicyclic) bond motifs is 1. The second-order valence-corrected chi connectivity index (χ2v) is 4.86. The number of aliphatic hydroxyl groups excluding tert-OH is 1. The maximum absolute atomic E-state index is 13.8. The van der Waals surface area contributed by atoms with Gasteiger partial charge in [0.25, 0.3) is 0 Å². The van der Waals surface area contributed by atoms with E-state index in [4.69, 9.17) is 4.74 Å². The number of rotatable bonds is 2. The highest BCUT2D eigenvalue weighted by Crippen LogP contribution is 2.42. The van der Waals surface area contributed by atoms with Crippen LogP contribution >= 0.6 is 0 Å². The van der Waals surface area contributed by atoms with Crippen LogP contribution in [0.4, 0.5) is 8.78 Å². The summed E-state index contributed by atoms with van der Waals surface area (Å²) in [5.74, 6) is -1.14. The second kappa shape index (κ2) is 5.21. The van der Waals surface area contributed by atoms with Gasteiger partial charge in [0.2, 0.25) is 0 Å². The van der Waals surface area contributed by atoms with Crippen LogP contribution in [0.1, 0.15) is 29.6 Å². The predicted molar refractivity (Wildman–Crippen MR) is 70.6 cm³/mol. The smallest absolute Gasteiger partial charge is 0.131 e. The van der Waals surface area contributed by atoms with Gasteiger partial charge in [0.15, 0.2) is 0 Å². The molecule has 104 valence electrons. The molecule has 20 heavy (non-hydrogen) atoms. The van der Waals surface area contributed by atoms with E-state index in [0.717, 1.165) is 17.7 Å². The van der Waals surface area contributed by atoms with Crippen molar-refractivity contribution in [2.75, 3.05) is 6.61 Å². The highest BCUT2D eigenvalue weighted by atomic mass is 19.1. The van der Waals surface area contributed by atoms with Crippen LogP contribution in [-0.2, 0) is 0 Å². The van der Waals surface area contributed by atoms with Crippen molar-refractivity contribution in [3.05, 3.63) is 65.2 Å². The van der Waals surface area contributed by atoms with Crippen LogP contribution in [0.5, 0.6) is 5.75 Å². The molecule has 0 saturated heterocycles. The van der Waals surface area contributed by atoms with E-state index in [1.807, 2.05) is 18.2 Å². The zero-order chi connectivity index (χ0) is 14.1. The first kappa shape index (κ1) is 13.1. The normalized spacial score (nSPS) is 19.1. The molecule has 2 unspecified atom stereocenters. The maximum Gasteiger partial charge on any atom is 0.131 e. The van der Waals surface area contributed by atoms with E-state index >= 15 is 0 Å². The Hall–Kier alpha value is -1.94. The van der Waals surface area contributed by atoms with Crippen molar-refractivity contribution in [1.29, 1.82) is 0 Å². The lowest BCUT2D eigenvalue weighted by Gasteiger charge is -2.30. The minimum Gasteiger partial charge on any atom is -0.493 e. The minimum absolute atomic E-state index is 0.269. The van der Waals surface area contributed by atoms with Gasteiger partial charge < -0.3 is 9.84 Å². The molecule has 1 N–H and O–H groups in total. The van der Waals surface area contributed by atoms with Crippen molar-refractivity contribution in [3.8, 4) is 5.75 Å². The topological polar surface area (TPSA) is 29.5 Å². The number of benzene rings is 2. The summed E-state index contributed by atoms with van der Waals surface area (Å²) in [4.78, 5) is 0. The average Bonchev–Trinajstić information content (AvgIpc) is 2.46. The molecule has 0 spiro atoms. The van der Waals surface area contributed by atoms with Gasteiger partial charge in [-0.2, -0.15) is 0 Å². The Morgan fingerprint density at radius 1 is 1.05 bits per heavy atom. The first-order valence-corrected chi connectivity index (χ1v) is 6.52. The number of aliphatic hydroxyl groups is 1. The fraction of sp³-hybridized carbons (Fsp3) is 0.250. The zero-order valence-electron chi connectivity index (χ0n) is 10.7. The molecule has 1 aliphatic heterocycles. The summed E-state index contributed by atoms with van der Waals surface area (Å²) in [6, 6.07) is 10.9. The first-order chi connectivity index (χ1) is 9.68. The van der Waals surface area contributed by atoms with Gasteiger partial charge in [0, 0.05) is 11.5 Å². The lowest BCUT2D eigenvalue weighted by molar-refractivity contribution is 0.110. The lowest BCUT2D eigenvalue weighted by atomic mass is 9.84. The van der Waals surface area contributed by atoms with E-state index in [2.05, 4.69) is 0 Å². The number of para-hydroxylation sites is 1. The maximum atomic E-state index is 13.8. The van der Waals surface area contributed by atoms with Crippen LogP contribution in [0.3, 0.4) is 0 Å². The molecule has 0 radical (unpaired) electrons. The van der Waals surface area contributed by atoms with Crippen LogP contribution in [0.2, 0.25) is 0 Å². The molecule has 0 fully saturated rings. The van der Waals surface area contributed by atoms with Crippen LogP contribution in [0.15, 0.2) is 42.5 Å². The molecular weight excluding hydrogens is 262 g/mol. The van der Waals surface area contributed by atoms with E-state index in [1.165, 1.54) is 6.07 Å². The highest BCUT2D eigenvalue weighted by Gasteiger charge is 2.31. The predicted octanol–water partition coefficient (Wildman–Crippen LogP) is 3.56. The highest BCUT2D eigenvalue weighted by molar-refractivity contribution is 5.40. The van der Waals surface area contributed by atoms with Crippen molar-refractivity contribution in [2.24, 2.45) is 0 Å². The lowest BCUT2D eigenvalue weighted by Crippen LogP contribution is -2.21. The van der Waals surface area contributed by atoms with Crippen LogP contribution in [-0.4, -0.2) is 11.7 Å². The molecule has 0 saturated carbocycles. The molecule has 0 bridgehead atoms. The molecule has 1 heterocycles. The third-order valence-electron chi connectivity index (χ3n) is 3.68. The molecule has 0 amide bonds. The Bertz CT molecular complexity index is 607. The third-order valence-corrected chi connectivity index (χ3v) is 3.68. The summed E-state index contributed by atoms with van der Waals surface area (Å²) in [6.45, 7) is 0.425. The molecule has 4 heteroatoms. The van der Waals surface area contributed by atoms with Crippen molar-refractivity contribution in [2.45, 2.75) is 18.4 Å². The Morgan fingerprint density at radius 3 is 2.50 bits per heavy atom. The Balaban J connectivity index is 2.02. The molecular formula is C16H14F2O2. The SMILES string of the molecule is OC(c1c(F)cccc1F)C1CCOc2ccccc21. The van der Waals surface area contributed by atoms with E-state index in [-0.39, 0.29) is 11.5 Å². The fourth-order valence-electron chi connectivity index (χ4n) is 2.69. The van der Waals surface area contributed by atoms with Crippen LogP contribution in [0.25, 0.3) is 0 Å². The first-order valence-electron chi connectivity index (χ1n) is 6.52. The van der Waals surface area contributed by atoms with Gasteiger partial charge in [-0.3, -0.25) is 0 Å². The molecule has 0 aromatic heterocycles. The second-order valence-electron chi connectivity index (χ2n) is 4.86. The van der Waals surface area contributed by atoms with Crippen LogP contribution < -0.4 is 4.74 Å². The van der Waals surface area contributed by atoms with Crippen LogP contribution in [0, 0.1) is 11.6 Å². The summed E-state index contributed by atoms with van der Waals surface area (Å²) in [5.41, 5.74) is 0.517. The standard InChI is InChI=1S/C16H14F2O2/c17-12-5-3-6-13(18)15(12)16(19)11-8-9-20-14-7-2-1-4-10(11)14/h1-7,11,16,19H,8-9H2. The monoisotopic (exact) mass is 276 g/mol. The number of hydrogen-bond donors (Lipinski definition) is 1. The molecule has 1 aliphatic rings. The van der Waals surface area contributed by atoms with Gasteiger partial charge in [0.05, 0.1) is 18.3 Å². The van der Waals surface area contributed by atoms with Gasteiger partial charge >= 0.3 is 0 Å². The van der Waals surface area contributed by atoms with E-state index in [1.54, 1.807) is 6.07 Å². The summed E-state index contributed by atoms with van der Waals surface area (Å²) in [7, 11) is 0. The minimum atomic E-state index is -1.22. The fourth-order valence-corrected chi connectivity index (χ4v) is 2.69. The quantitative estimate of drug-likeness (QED) is 0.908. The van der Waals surface area contributed by atoms with E-state index in [0.29, 0.717) is 18.8 Å². The average molecular weight is 276 g/mol. The van der Waals surface area contributed by atoms with E-state index in [9.17, 15) is 13.9 Å². The molecule has 2 atom stereocenters. The number of ether oxygens (including phenoxy) is 1. The Labute approximate surface area is 115 Å². The summed E-state index contributed by atoms with van der Waals surface area (Å²) < 4.78 is 33.1. The van der Waals surface area contributed by atoms with Gasteiger partial charge in [-0.05, 0) is 24.6 Å². The third kappa shape index (κ3) is 2.16. The number of halogens is 2. The number of hydrogen-bond acceptors (Lipinski definition) is 2. The summed E-state index contributed by atoms with van der Waals surface area (Å²) in [6.07, 6.45) is -0.701. The van der Waals surface area contributed by atoms with Gasteiger partial charge in [-0.25, -0.2) is 8.78 Å². The van der Waals surface area contributed by atoms with Gasteiger partial charge in [-0.15, -0.1) is 0 Å². The van der Waals surface area contributed by atoms with Crippen molar-refractivity contribution >= 4 is 0 Å². The molecule has 2 nitrogen and oxygen atoms in total. The van der Waals surface area contributed by atoms with Crippen molar-refractivity contribution in [3.63, 3.8) is 0 Å². The van der Waals surface area contributed by atoms with Crippen molar-refractivity contribution in [1.82, 2.24) is 0 Å². The van der Waals surface area contributed by atoms with Gasteiger partial charge in [0.1, 0.15) is 17.4 Å². The molecule has 2 aromatic carbocycles. The molecule has 3 rings (SSSR count). The molecule has 2 aromatic rings. The zero-order valence-corrected chi connectivity index (χ0v) is 10.7. The Morgan fingerprint density at radius 2 is 1.75 bits per heavy atom.